The average molecular weight is 345 g/mol. The minimum Gasteiger partial charge on any atom is -0.497 e. The van der Waals surface area contributed by atoms with Crippen LogP contribution in [-0.4, -0.2) is 11.6 Å². The van der Waals surface area contributed by atoms with Crippen molar-refractivity contribution >= 4 is 32.8 Å². The molecule has 0 fully saturated rings. The fraction of sp³-hybridized carbons (Fsp3) is 0.0667. The van der Waals surface area contributed by atoms with Crippen molar-refractivity contribution in [1.29, 1.82) is 5.26 Å². The Morgan fingerprint density at radius 3 is 3.00 bits per heavy atom. The van der Waals surface area contributed by atoms with E-state index < -0.39 is 0 Å². The zero-order chi connectivity index (χ0) is 13.9. The molecule has 0 atom stereocenters. The first-order valence-corrected chi connectivity index (χ1v) is 7.60. The highest BCUT2D eigenvalue weighted by Gasteiger charge is 2.15. The van der Waals surface area contributed by atoms with E-state index in [0.717, 1.165) is 21.7 Å². The summed E-state index contributed by atoms with van der Waals surface area (Å²) in [4.78, 5) is 5.54. The Hall–Kier alpha value is -1.90. The number of pyridine rings is 1. The molecule has 0 aromatic carbocycles. The standard InChI is InChI=1S/C15H9BrN2OS/c16-15-12(9-17)11(10-3-5-19-6-4-10)8-13(18-15)14-2-1-7-20-14/h1-5,7-8H,6H2. The van der Waals surface area contributed by atoms with Crippen LogP contribution in [-0.2, 0) is 4.74 Å². The van der Waals surface area contributed by atoms with Gasteiger partial charge >= 0.3 is 0 Å². The summed E-state index contributed by atoms with van der Waals surface area (Å²) >= 11 is 5.02. The molecule has 98 valence electrons. The summed E-state index contributed by atoms with van der Waals surface area (Å²) in [5.74, 6) is 0. The third-order valence-electron chi connectivity index (χ3n) is 2.92. The van der Waals surface area contributed by atoms with E-state index >= 15 is 0 Å². The normalized spacial score (nSPS) is 13.5. The summed E-state index contributed by atoms with van der Waals surface area (Å²) in [7, 11) is 0. The summed E-state index contributed by atoms with van der Waals surface area (Å²) < 4.78 is 5.73. The number of nitriles is 1. The van der Waals surface area contributed by atoms with Gasteiger partial charge in [-0.1, -0.05) is 6.07 Å². The molecule has 3 nitrogen and oxygen atoms in total. The van der Waals surface area contributed by atoms with E-state index in [1.807, 2.05) is 35.7 Å². The van der Waals surface area contributed by atoms with Gasteiger partial charge in [0.25, 0.3) is 0 Å². The van der Waals surface area contributed by atoms with Crippen LogP contribution in [0.25, 0.3) is 16.1 Å². The lowest BCUT2D eigenvalue weighted by molar-refractivity contribution is 0.287. The van der Waals surface area contributed by atoms with Crippen LogP contribution in [0.3, 0.4) is 0 Å². The lowest BCUT2D eigenvalue weighted by Gasteiger charge is -2.12. The molecule has 0 saturated heterocycles. The van der Waals surface area contributed by atoms with Crippen molar-refractivity contribution < 1.29 is 4.74 Å². The molecule has 20 heavy (non-hydrogen) atoms. The van der Waals surface area contributed by atoms with Gasteiger partial charge in [0, 0.05) is 5.56 Å². The number of rotatable bonds is 2. The Labute approximate surface area is 129 Å². The van der Waals surface area contributed by atoms with Crippen LogP contribution in [0.15, 0.2) is 46.6 Å². The van der Waals surface area contributed by atoms with E-state index in [1.165, 1.54) is 0 Å². The molecule has 1 aliphatic rings. The van der Waals surface area contributed by atoms with E-state index in [2.05, 4.69) is 27.0 Å². The summed E-state index contributed by atoms with van der Waals surface area (Å²) in [6, 6.07) is 8.17. The van der Waals surface area contributed by atoms with Crippen molar-refractivity contribution in [3.05, 3.63) is 57.7 Å². The zero-order valence-corrected chi connectivity index (χ0v) is 12.7. The first kappa shape index (κ1) is 13.1. The van der Waals surface area contributed by atoms with E-state index in [-0.39, 0.29) is 0 Å². The first-order chi connectivity index (χ1) is 9.79. The molecule has 5 heteroatoms. The topological polar surface area (TPSA) is 45.9 Å². The smallest absolute Gasteiger partial charge is 0.125 e. The maximum Gasteiger partial charge on any atom is 0.125 e. The summed E-state index contributed by atoms with van der Waals surface area (Å²) in [5, 5.41) is 11.4. The molecule has 0 saturated carbocycles. The predicted molar refractivity (Wildman–Crippen MR) is 83.0 cm³/mol. The van der Waals surface area contributed by atoms with Gasteiger partial charge in [0.05, 0.1) is 22.4 Å². The van der Waals surface area contributed by atoms with Crippen LogP contribution >= 0.6 is 27.3 Å². The van der Waals surface area contributed by atoms with Crippen LogP contribution in [0.1, 0.15) is 11.1 Å². The van der Waals surface area contributed by atoms with Gasteiger partial charge in [-0.2, -0.15) is 5.26 Å². The number of thiophene rings is 1. The number of hydrogen-bond acceptors (Lipinski definition) is 4. The number of hydrogen-bond donors (Lipinski definition) is 0. The van der Waals surface area contributed by atoms with E-state index in [4.69, 9.17) is 4.74 Å². The second-order valence-electron chi connectivity index (χ2n) is 4.11. The van der Waals surface area contributed by atoms with E-state index in [0.29, 0.717) is 16.8 Å². The van der Waals surface area contributed by atoms with Crippen LogP contribution in [0, 0.1) is 11.3 Å². The maximum atomic E-state index is 9.35. The second kappa shape index (κ2) is 5.61. The largest absolute Gasteiger partial charge is 0.497 e. The Kier molecular flexibility index (Phi) is 3.68. The van der Waals surface area contributed by atoms with E-state index in [1.54, 1.807) is 17.6 Å². The van der Waals surface area contributed by atoms with Gasteiger partial charge in [-0.15, -0.1) is 11.3 Å². The quantitative estimate of drug-likeness (QED) is 0.759. The SMILES string of the molecule is N#Cc1c(C2=CCOC=C2)cc(-c2cccs2)nc1Br. The number of nitrogens with zero attached hydrogens (tertiary/aromatic N) is 2. The molecule has 0 amide bonds. The van der Waals surface area contributed by atoms with Gasteiger partial charge in [0.1, 0.15) is 17.3 Å². The van der Waals surface area contributed by atoms with Crippen LogP contribution in [0.4, 0.5) is 0 Å². The van der Waals surface area contributed by atoms with Crippen LogP contribution < -0.4 is 0 Å². The highest BCUT2D eigenvalue weighted by atomic mass is 79.9. The molecular weight excluding hydrogens is 336 g/mol. The minimum absolute atomic E-state index is 0.519. The molecule has 0 unspecified atom stereocenters. The van der Waals surface area contributed by atoms with Gasteiger partial charge in [0.15, 0.2) is 0 Å². The van der Waals surface area contributed by atoms with Gasteiger partial charge in [-0.25, -0.2) is 4.98 Å². The van der Waals surface area contributed by atoms with Crippen molar-refractivity contribution in [3.8, 4) is 16.6 Å². The molecule has 0 N–H and O–H groups in total. The van der Waals surface area contributed by atoms with Crippen LogP contribution in [0.2, 0.25) is 0 Å². The lowest BCUT2D eigenvalue weighted by atomic mass is 10.00. The number of allylic oxidation sites excluding steroid dienone is 2. The Morgan fingerprint density at radius 1 is 1.45 bits per heavy atom. The fourth-order valence-corrected chi connectivity index (χ4v) is 3.16. The predicted octanol–water partition coefficient (Wildman–Crippen LogP) is 4.37. The van der Waals surface area contributed by atoms with Crippen molar-refractivity contribution in [2.24, 2.45) is 0 Å². The number of aromatic nitrogens is 1. The van der Waals surface area contributed by atoms with Crippen molar-refractivity contribution in [1.82, 2.24) is 4.98 Å². The highest BCUT2D eigenvalue weighted by molar-refractivity contribution is 9.10. The first-order valence-electron chi connectivity index (χ1n) is 5.93. The van der Waals surface area contributed by atoms with Crippen molar-refractivity contribution in [2.75, 3.05) is 6.61 Å². The fourth-order valence-electron chi connectivity index (χ4n) is 1.98. The molecule has 0 spiro atoms. The number of ether oxygens (including phenoxy) is 1. The molecule has 1 aliphatic heterocycles. The highest BCUT2D eigenvalue weighted by Crippen LogP contribution is 2.32. The number of halogens is 1. The zero-order valence-electron chi connectivity index (χ0n) is 10.3. The molecule has 3 heterocycles. The van der Waals surface area contributed by atoms with E-state index in [9.17, 15) is 5.26 Å². The molecular formula is C15H9BrN2OS. The summed E-state index contributed by atoms with van der Waals surface area (Å²) in [6.07, 6.45) is 5.47. The second-order valence-corrected chi connectivity index (χ2v) is 5.80. The van der Waals surface area contributed by atoms with Gasteiger partial charge in [-0.05, 0) is 51.2 Å². The van der Waals surface area contributed by atoms with Crippen molar-refractivity contribution in [2.45, 2.75) is 0 Å². The lowest BCUT2D eigenvalue weighted by Crippen LogP contribution is -1.98. The third-order valence-corrected chi connectivity index (χ3v) is 4.38. The Bertz CT molecular complexity index is 742. The molecule has 3 rings (SSSR count). The Balaban J connectivity index is 2.19. The maximum absolute atomic E-state index is 9.35. The summed E-state index contributed by atoms with van der Waals surface area (Å²) in [5.41, 5.74) is 3.26. The van der Waals surface area contributed by atoms with Gasteiger partial charge in [-0.3, -0.25) is 0 Å². The average Bonchev–Trinajstić information content (AvgIpc) is 3.01. The van der Waals surface area contributed by atoms with Crippen molar-refractivity contribution in [3.63, 3.8) is 0 Å². The molecule has 2 aromatic rings. The molecule has 0 bridgehead atoms. The molecule has 2 aromatic heterocycles. The molecule has 0 radical (unpaired) electrons. The third kappa shape index (κ3) is 2.40. The summed E-state index contributed by atoms with van der Waals surface area (Å²) in [6.45, 7) is 0.519. The van der Waals surface area contributed by atoms with Gasteiger partial charge < -0.3 is 4.74 Å². The molecule has 0 aliphatic carbocycles. The monoisotopic (exact) mass is 344 g/mol. The van der Waals surface area contributed by atoms with Crippen LogP contribution in [0.5, 0.6) is 0 Å². The Morgan fingerprint density at radius 2 is 2.35 bits per heavy atom. The van der Waals surface area contributed by atoms with Gasteiger partial charge in [0.2, 0.25) is 0 Å². The minimum atomic E-state index is 0.519.